The molecular formula is C15H14BrClN4O3. The van der Waals surface area contributed by atoms with Gasteiger partial charge in [0.05, 0.1) is 6.54 Å². The molecular weight excluding hydrogens is 400 g/mol. The van der Waals surface area contributed by atoms with Crippen molar-refractivity contribution in [3.05, 3.63) is 54.9 Å². The molecule has 0 saturated carbocycles. The highest BCUT2D eigenvalue weighted by Gasteiger charge is 2.17. The maximum Gasteiger partial charge on any atom is 0.332 e. The second-order valence-corrected chi connectivity index (χ2v) is 6.47. The molecule has 126 valence electrons. The SMILES string of the molecule is Cn1c(=O)c2c(nc(Cl)n2CCOc2ccc(Br)cc2)n(C)c1=O. The Hall–Kier alpha value is -2.06. The summed E-state index contributed by atoms with van der Waals surface area (Å²) in [5.41, 5.74) is -0.336. The number of fused-ring (bicyclic) bond motifs is 1. The summed E-state index contributed by atoms with van der Waals surface area (Å²) in [6, 6.07) is 7.42. The van der Waals surface area contributed by atoms with Gasteiger partial charge in [-0.25, -0.2) is 4.79 Å². The Morgan fingerprint density at radius 1 is 1.17 bits per heavy atom. The summed E-state index contributed by atoms with van der Waals surface area (Å²) < 4.78 is 10.5. The predicted octanol–water partition coefficient (Wildman–Crippen LogP) is 1.93. The van der Waals surface area contributed by atoms with Gasteiger partial charge >= 0.3 is 5.69 Å². The van der Waals surface area contributed by atoms with E-state index in [0.29, 0.717) is 18.9 Å². The van der Waals surface area contributed by atoms with Gasteiger partial charge in [0.25, 0.3) is 5.56 Å². The van der Waals surface area contributed by atoms with Crippen LogP contribution in [0.1, 0.15) is 0 Å². The highest BCUT2D eigenvalue weighted by molar-refractivity contribution is 9.10. The molecule has 2 aromatic heterocycles. The van der Waals surface area contributed by atoms with Gasteiger partial charge in [0.1, 0.15) is 12.4 Å². The predicted molar refractivity (Wildman–Crippen MR) is 94.9 cm³/mol. The van der Waals surface area contributed by atoms with Crippen molar-refractivity contribution in [2.75, 3.05) is 6.61 Å². The lowest BCUT2D eigenvalue weighted by molar-refractivity contribution is 0.300. The number of nitrogens with zero attached hydrogens (tertiary/aromatic N) is 4. The number of benzene rings is 1. The molecule has 0 bridgehead atoms. The molecule has 0 aliphatic rings. The third-order valence-corrected chi connectivity index (χ3v) is 4.52. The monoisotopic (exact) mass is 412 g/mol. The highest BCUT2D eigenvalue weighted by Crippen LogP contribution is 2.18. The van der Waals surface area contributed by atoms with Crippen LogP contribution in [-0.4, -0.2) is 25.3 Å². The molecule has 9 heteroatoms. The van der Waals surface area contributed by atoms with Crippen molar-refractivity contribution in [2.45, 2.75) is 6.54 Å². The quantitative estimate of drug-likeness (QED) is 0.613. The molecule has 0 amide bonds. The zero-order valence-corrected chi connectivity index (χ0v) is 15.3. The second kappa shape index (κ2) is 6.45. The molecule has 0 aliphatic heterocycles. The Bertz CT molecular complexity index is 1020. The van der Waals surface area contributed by atoms with E-state index in [1.165, 1.54) is 11.6 Å². The van der Waals surface area contributed by atoms with Gasteiger partial charge in [0.2, 0.25) is 5.28 Å². The zero-order chi connectivity index (χ0) is 17.4. The zero-order valence-electron chi connectivity index (χ0n) is 13.0. The summed E-state index contributed by atoms with van der Waals surface area (Å²) in [5.74, 6) is 0.707. The lowest BCUT2D eigenvalue weighted by Gasteiger charge is -2.09. The van der Waals surface area contributed by atoms with E-state index in [0.717, 1.165) is 9.04 Å². The normalized spacial score (nSPS) is 11.2. The fourth-order valence-electron chi connectivity index (χ4n) is 2.41. The number of aryl methyl sites for hydroxylation is 1. The fourth-order valence-corrected chi connectivity index (χ4v) is 2.92. The van der Waals surface area contributed by atoms with Gasteiger partial charge in [-0.1, -0.05) is 15.9 Å². The van der Waals surface area contributed by atoms with Crippen molar-refractivity contribution in [2.24, 2.45) is 14.1 Å². The Morgan fingerprint density at radius 3 is 2.50 bits per heavy atom. The largest absolute Gasteiger partial charge is 0.492 e. The highest BCUT2D eigenvalue weighted by atomic mass is 79.9. The van der Waals surface area contributed by atoms with E-state index in [2.05, 4.69) is 20.9 Å². The van der Waals surface area contributed by atoms with Crippen molar-refractivity contribution < 1.29 is 4.74 Å². The van der Waals surface area contributed by atoms with E-state index < -0.39 is 11.2 Å². The molecule has 24 heavy (non-hydrogen) atoms. The molecule has 0 fully saturated rings. The number of rotatable bonds is 4. The van der Waals surface area contributed by atoms with Crippen LogP contribution < -0.4 is 16.0 Å². The van der Waals surface area contributed by atoms with Crippen LogP contribution in [0.3, 0.4) is 0 Å². The van der Waals surface area contributed by atoms with Crippen LogP contribution in [0.5, 0.6) is 5.75 Å². The number of hydrogen-bond donors (Lipinski definition) is 0. The summed E-state index contributed by atoms with van der Waals surface area (Å²) in [4.78, 5) is 28.5. The van der Waals surface area contributed by atoms with E-state index in [-0.39, 0.29) is 16.4 Å². The van der Waals surface area contributed by atoms with Crippen molar-refractivity contribution in [1.82, 2.24) is 18.7 Å². The van der Waals surface area contributed by atoms with Gasteiger partial charge in [-0.2, -0.15) is 4.98 Å². The van der Waals surface area contributed by atoms with Crippen molar-refractivity contribution >= 4 is 38.7 Å². The Balaban J connectivity index is 1.92. The molecule has 3 aromatic rings. The fraction of sp³-hybridized carbons (Fsp3) is 0.267. The Labute approximate surface area is 150 Å². The third kappa shape index (κ3) is 2.87. The first kappa shape index (κ1) is 16.8. The maximum absolute atomic E-state index is 12.4. The van der Waals surface area contributed by atoms with Gasteiger partial charge < -0.3 is 9.30 Å². The molecule has 0 spiro atoms. The summed E-state index contributed by atoms with van der Waals surface area (Å²) >= 11 is 9.50. The Kier molecular flexibility index (Phi) is 4.51. The van der Waals surface area contributed by atoms with Crippen LogP contribution in [0.2, 0.25) is 5.28 Å². The minimum atomic E-state index is -0.445. The van der Waals surface area contributed by atoms with Crippen molar-refractivity contribution in [1.29, 1.82) is 0 Å². The van der Waals surface area contributed by atoms with Gasteiger partial charge in [-0.3, -0.25) is 13.9 Å². The summed E-state index contributed by atoms with van der Waals surface area (Å²) in [7, 11) is 2.98. The van der Waals surface area contributed by atoms with Crippen LogP contribution in [0.25, 0.3) is 11.2 Å². The molecule has 2 heterocycles. The van der Waals surface area contributed by atoms with E-state index in [9.17, 15) is 9.59 Å². The minimum Gasteiger partial charge on any atom is -0.492 e. The topological polar surface area (TPSA) is 71.0 Å². The molecule has 0 unspecified atom stereocenters. The molecule has 0 aliphatic carbocycles. The third-order valence-electron chi connectivity index (χ3n) is 3.70. The minimum absolute atomic E-state index is 0.141. The van der Waals surface area contributed by atoms with E-state index >= 15 is 0 Å². The van der Waals surface area contributed by atoms with Crippen molar-refractivity contribution in [3.8, 4) is 5.75 Å². The number of halogens is 2. The molecule has 7 nitrogen and oxygen atoms in total. The summed E-state index contributed by atoms with van der Waals surface area (Å²) in [6.45, 7) is 0.637. The molecule has 0 atom stereocenters. The van der Waals surface area contributed by atoms with Gasteiger partial charge in [0, 0.05) is 18.6 Å². The smallest absolute Gasteiger partial charge is 0.332 e. The van der Waals surface area contributed by atoms with Gasteiger partial charge in [0.15, 0.2) is 11.2 Å². The van der Waals surface area contributed by atoms with Gasteiger partial charge in [-0.05, 0) is 35.9 Å². The number of imidazole rings is 1. The molecule has 1 aromatic carbocycles. The number of ether oxygens (including phenoxy) is 1. The number of hydrogen-bond acceptors (Lipinski definition) is 4. The second-order valence-electron chi connectivity index (χ2n) is 5.21. The molecule has 0 N–H and O–H groups in total. The summed E-state index contributed by atoms with van der Waals surface area (Å²) in [6.07, 6.45) is 0. The summed E-state index contributed by atoms with van der Waals surface area (Å²) in [5, 5.41) is 0.141. The molecule has 0 saturated heterocycles. The maximum atomic E-state index is 12.4. The van der Waals surface area contributed by atoms with E-state index in [1.807, 2.05) is 24.3 Å². The lowest BCUT2D eigenvalue weighted by atomic mass is 10.3. The first-order chi connectivity index (χ1) is 11.4. The van der Waals surface area contributed by atoms with Crippen LogP contribution in [-0.2, 0) is 20.6 Å². The first-order valence-corrected chi connectivity index (χ1v) is 8.27. The van der Waals surface area contributed by atoms with E-state index in [4.69, 9.17) is 16.3 Å². The average Bonchev–Trinajstić information content (AvgIpc) is 2.90. The van der Waals surface area contributed by atoms with Crippen LogP contribution in [0.4, 0.5) is 0 Å². The lowest BCUT2D eigenvalue weighted by Crippen LogP contribution is -2.37. The first-order valence-electron chi connectivity index (χ1n) is 7.10. The van der Waals surface area contributed by atoms with Crippen LogP contribution in [0.15, 0.2) is 38.3 Å². The van der Waals surface area contributed by atoms with E-state index in [1.54, 1.807) is 11.6 Å². The standard InChI is InChI=1S/C15H14BrClN4O3/c1-19-12-11(13(22)20(2)15(19)23)21(14(17)18-12)7-8-24-10-5-3-9(16)4-6-10/h3-6H,7-8H2,1-2H3. The van der Waals surface area contributed by atoms with Crippen molar-refractivity contribution in [3.63, 3.8) is 0 Å². The Morgan fingerprint density at radius 2 is 1.83 bits per heavy atom. The molecule has 3 rings (SSSR count). The van der Waals surface area contributed by atoms with Crippen LogP contribution in [0, 0.1) is 0 Å². The number of aromatic nitrogens is 4. The molecule has 0 radical (unpaired) electrons. The van der Waals surface area contributed by atoms with Gasteiger partial charge in [-0.15, -0.1) is 0 Å². The average molecular weight is 414 g/mol. The van der Waals surface area contributed by atoms with Crippen LogP contribution >= 0.6 is 27.5 Å².